The monoisotopic (exact) mass is 480 g/mol. The highest BCUT2D eigenvalue weighted by molar-refractivity contribution is 5.77. The van der Waals surface area contributed by atoms with Crippen molar-refractivity contribution in [2.45, 2.75) is 63.1 Å². The average molecular weight is 481 g/mol. The highest BCUT2D eigenvalue weighted by Crippen LogP contribution is 2.30. The molecule has 0 saturated carbocycles. The summed E-state index contributed by atoms with van der Waals surface area (Å²) in [6.45, 7) is 3.44. The van der Waals surface area contributed by atoms with Gasteiger partial charge in [-0.2, -0.15) is 0 Å². The molecule has 7 heteroatoms. The van der Waals surface area contributed by atoms with E-state index in [0.29, 0.717) is 32.7 Å². The van der Waals surface area contributed by atoms with Crippen LogP contribution in [0.5, 0.6) is 5.75 Å². The Kier molecular flexibility index (Phi) is 7.68. The summed E-state index contributed by atoms with van der Waals surface area (Å²) in [6, 6.07) is 16.6. The molecule has 0 radical (unpaired) electrons. The summed E-state index contributed by atoms with van der Waals surface area (Å²) in [4.78, 5) is 17.4. The van der Waals surface area contributed by atoms with Crippen LogP contribution in [0.3, 0.4) is 0 Å². The molecule has 0 bridgehead atoms. The van der Waals surface area contributed by atoms with Crippen LogP contribution in [-0.2, 0) is 33.8 Å². The third-order valence-electron chi connectivity index (χ3n) is 7.52. The standard InChI is InChI=1S/C28H36N2O5/c1-33-24-8-6-20(7-9-24)15-30-17-23(31)18-34-19-27-26(30)11-10-25(35-27)14-28(32)29-13-12-21-4-2-3-5-22(21)16-29/h2-9,23,25-27,31H,10-19H2,1H3/t23-,25-,26-,27+/m1/s1. The van der Waals surface area contributed by atoms with Crippen LogP contribution in [0.15, 0.2) is 48.5 Å². The molecule has 2 fully saturated rings. The number of nitrogens with zero attached hydrogens (tertiary/aromatic N) is 2. The Morgan fingerprint density at radius 3 is 2.69 bits per heavy atom. The van der Waals surface area contributed by atoms with E-state index in [0.717, 1.165) is 38.1 Å². The molecule has 0 spiro atoms. The Balaban J connectivity index is 1.21. The molecule has 5 rings (SSSR count). The molecule has 7 nitrogen and oxygen atoms in total. The Morgan fingerprint density at radius 2 is 1.89 bits per heavy atom. The molecule has 188 valence electrons. The van der Waals surface area contributed by atoms with Crippen LogP contribution in [0.25, 0.3) is 0 Å². The van der Waals surface area contributed by atoms with Crippen molar-refractivity contribution < 1.29 is 24.1 Å². The van der Waals surface area contributed by atoms with Gasteiger partial charge in [-0.15, -0.1) is 0 Å². The second-order valence-corrected chi connectivity index (χ2v) is 9.95. The van der Waals surface area contributed by atoms with Crippen LogP contribution < -0.4 is 4.74 Å². The second kappa shape index (κ2) is 11.1. The number of β-amino-alcohol motifs (C(OH)–C–C–N with tert-alkyl or cyclic N) is 1. The van der Waals surface area contributed by atoms with Gasteiger partial charge in [-0.1, -0.05) is 36.4 Å². The maximum atomic E-state index is 13.1. The van der Waals surface area contributed by atoms with Crippen LogP contribution >= 0.6 is 0 Å². The first kappa shape index (κ1) is 24.3. The van der Waals surface area contributed by atoms with Gasteiger partial charge >= 0.3 is 0 Å². The number of benzene rings is 2. The summed E-state index contributed by atoms with van der Waals surface area (Å²) in [5.41, 5.74) is 3.76. The fourth-order valence-electron chi connectivity index (χ4n) is 5.63. The quantitative estimate of drug-likeness (QED) is 0.710. The van der Waals surface area contributed by atoms with Crippen LogP contribution in [0.1, 0.15) is 36.0 Å². The minimum atomic E-state index is -0.532. The van der Waals surface area contributed by atoms with E-state index in [1.54, 1.807) is 7.11 Å². The molecule has 3 aliphatic heterocycles. The number of carbonyl (C=O) groups is 1. The van der Waals surface area contributed by atoms with Crippen molar-refractivity contribution in [2.75, 3.05) is 33.4 Å². The predicted molar refractivity (Wildman–Crippen MR) is 132 cm³/mol. The number of methoxy groups -OCH3 is 1. The number of rotatable bonds is 5. The minimum Gasteiger partial charge on any atom is -0.497 e. The van der Waals surface area contributed by atoms with Crippen LogP contribution in [0, 0.1) is 0 Å². The van der Waals surface area contributed by atoms with Gasteiger partial charge in [0.2, 0.25) is 5.91 Å². The second-order valence-electron chi connectivity index (χ2n) is 9.95. The molecule has 2 aromatic carbocycles. The van der Waals surface area contributed by atoms with E-state index in [1.165, 1.54) is 16.7 Å². The zero-order valence-electron chi connectivity index (χ0n) is 20.5. The smallest absolute Gasteiger partial charge is 0.225 e. The van der Waals surface area contributed by atoms with Gasteiger partial charge < -0.3 is 24.2 Å². The number of hydrogen-bond donors (Lipinski definition) is 1. The normalized spacial score (nSPS) is 27.3. The van der Waals surface area contributed by atoms with E-state index in [2.05, 4.69) is 35.2 Å². The average Bonchev–Trinajstić information content (AvgIpc) is 2.88. The molecule has 2 saturated heterocycles. The maximum absolute atomic E-state index is 13.1. The number of fused-ring (bicyclic) bond motifs is 2. The number of aliphatic hydroxyl groups excluding tert-OH is 1. The number of hydrogen-bond acceptors (Lipinski definition) is 6. The van der Waals surface area contributed by atoms with E-state index in [4.69, 9.17) is 14.2 Å². The minimum absolute atomic E-state index is 0.100. The fourth-order valence-corrected chi connectivity index (χ4v) is 5.63. The Labute approximate surface area is 207 Å². The third-order valence-corrected chi connectivity index (χ3v) is 7.52. The van der Waals surface area contributed by atoms with Gasteiger partial charge in [0, 0.05) is 32.2 Å². The van der Waals surface area contributed by atoms with E-state index in [1.807, 2.05) is 23.1 Å². The number of carbonyl (C=O) groups excluding carboxylic acids is 1. The lowest BCUT2D eigenvalue weighted by Gasteiger charge is -2.44. The van der Waals surface area contributed by atoms with Gasteiger partial charge in [-0.3, -0.25) is 9.69 Å². The summed E-state index contributed by atoms with van der Waals surface area (Å²) < 4.78 is 17.5. The SMILES string of the molecule is COc1ccc(CN2C[C@@H](O)COC[C@@H]3O[C@@H](CC(=O)N4CCc5ccccc5C4)CC[C@H]32)cc1. The molecule has 2 aromatic rings. The van der Waals surface area contributed by atoms with E-state index >= 15 is 0 Å². The first-order valence-electron chi connectivity index (χ1n) is 12.7. The van der Waals surface area contributed by atoms with Crippen molar-refractivity contribution in [3.63, 3.8) is 0 Å². The van der Waals surface area contributed by atoms with Crippen LogP contribution in [0.2, 0.25) is 0 Å². The molecule has 1 amide bonds. The van der Waals surface area contributed by atoms with E-state index in [-0.39, 0.29) is 24.2 Å². The molecule has 0 unspecified atom stereocenters. The lowest BCUT2D eigenvalue weighted by Crippen LogP contribution is -2.55. The first-order valence-corrected chi connectivity index (χ1v) is 12.7. The third kappa shape index (κ3) is 5.86. The van der Waals surface area contributed by atoms with Gasteiger partial charge in [0.25, 0.3) is 0 Å². The topological polar surface area (TPSA) is 71.5 Å². The van der Waals surface area contributed by atoms with Gasteiger partial charge in [0.1, 0.15) is 5.75 Å². The van der Waals surface area contributed by atoms with Crippen molar-refractivity contribution in [1.82, 2.24) is 9.80 Å². The number of ether oxygens (including phenoxy) is 3. The molecule has 3 heterocycles. The van der Waals surface area contributed by atoms with Gasteiger partial charge in [0.15, 0.2) is 0 Å². The Bertz CT molecular complexity index is 997. The van der Waals surface area contributed by atoms with Gasteiger partial charge in [-0.05, 0) is 48.1 Å². The lowest BCUT2D eigenvalue weighted by atomic mass is 9.93. The highest BCUT2D eigenvalue weighted by Gasteiger charge is 2.38. The van der Waals surface area contributed by atoms with E-state index < -0.39 is 6.10 Å². The molecule has 35 heavy (non-hydrogen) atoms. The van der Waals surface area contributed by atoms with Crippen molar-refractivity contribution in [3.05, 3.63) is 65.2 Å². The Morgan fingerprint density at radius 1 is 1.09 bits per heavy atom. The van der Waals surface area contributed by atoms with Crippen molar-refractivity contribution in [2.24, 2.45) is 0 Å². The van der Waals surface area contributed by atoms with Crippen LogP contribution in [0.4, 0.5) is 0 Å². The van der Waals surface area contributed by atoms with Crippen molar-refractivity contribution in [1.29, 1.82) is 0 Å². The summed E-state index contributed by atoms with van der Waals surface area (Å²) in [6.07, 6.45) is 2.31. The number of amides is 1. The van der Waals surface area contributed by atoms with Gasteiger partial charge in [-0.25, -0.2) is 0 Å². The Hall–Kier alpha value is -2.45. The highest BCUT2D eigenvalue weighted by atomic mass is 16.5. The van der Waals surface area contributed by atoms with Crippen molar-refractivity contribution in [3.8, 4) is 5.75 Å². The van der Waals surface area contributed by atoms with Crippen molar-refractivity contribution >= 4 is 5.91 Å². The van der Waals surface area contributed by atoms with Crippen LogP contribution in [-0.4, -0.2) is 78.6 Å². The zero-order valence-corrected chi connectivity index (χ0v) is 20.5. The summed E-state index contributed by atoms with van der Waals surface area (Å²) in [5.74, 6) is 0.999. The first-order chi connectivity index (χ1) is 17.1. The van der Waals surface area contributed by atoms with Gasteiger partial charge in [0.05, 0.1) is 45.1 Å². The molecule has 3 aliphatic rings. The zero-order chi connectivity index (χ0) is 24.2. The molecule has 0 aromatic heterocycles. The largest absolute Gasteiger partial charge is 0.497 e. The molecule has 1 N–H and O–H groups in total. The fraction of sp³-hybridized carbons (Fsp3) is 0.536. The summed E-state index contributed by atoms with van der Waals surface area (Å²) >= 11 is 0. The molecule has 0 aliphatic carbocycles. The predicted octanol–water partition coefficient (Wildman–Crippen LogP) is 2.78. The number of aliphatic hydroxyl groups is 1. The summed E-state index contributed by atoms with van der Waals surface area (Å²) in [5, 5.41) is 10.4. The lowest BCUT2D eigenvalue weighted by molar-refractivity contribution is -0.161. The molecular weight excluding hydrogens is 444 g/mol. The molecular formula is C28H36N2O5. The van der Waals surface area contributed by atoms with E-state index in [9.17, 15) is 9.90 Å². The maximum Gasteiger partial charge on any atom is 0.225 e. The molecule has 4 atom stereocenters. The summed E-state index contributed by atoms with van der Waals surface area (Å²) in [7, 11) is 1.67.